The van der Waals surface area contributed by atoms with Crippen molar-refractivity contribution in [1.82, 2.24) is 5.32 Å². The van der Waals surface area contributed by atoms with Crippen LogP contribution in [0, 0.1) is 0 Å². The normalized spacial score (nSPS) is 13.9. The van der Waals surface area contributed by atoms with E-state index in [1.807, 2.05) is 6.07 Å². The molecule has 1 unspecified atom stereocenters. The minimum atomic E-state index is -1.10. The van der Waals surface area contributed by atoms with Crippen molar-refractivity contribution in [3.05, 3.63) is 35.9 Å². The fourth-order valence-electron chi connectivity index (χ4n) is 1.69. The molecule has 0 radical (unpaired) electrons. The Labute approximate surface area is 105 Å². The molecule has 0 aliphatic rings. The van der Waals surface area contributed by atoms with Crippen LogP contribution in [0.25, 0.3) is 0 Å². The van der Waals surface area contributed by atoms with Gasteiger partial charge in [-0.2, -0.15) is 0 Å². The highest BCUT2D eigenvalue weighted by Crippen LogP contribution is 2.13. The van der Waals surface area contributed by atoms with Crippen LogP contribution in [0.5, 0.6) is 0 Å². The second-order valence-corrected chi connectivity index (χ2v) is 4.11. The van der Waals surface area contributed by atoms with Crippen LogP contribution in [0.1, 0.15) is 24.9 Å². The lowest BCUT2D eigenvalue weighted by Gasteiger charge is -2.21. The Balaban J connectivity index is 2.77. The van der Waals surface area contributed by atoms with Crippen LogP contribution >= 0.6 is 0 Å². The molecule has 0 aliphatic carbocycles. The monoisotopic (exact) mass is 251 g/mol. The van der Waals surface area contributed by atoms with Crippen molar-refractivity contribution < 1.29 is 19.8 Å². The van der Waals surface area contributed by atoms with Crippen molar-refractivity contribution >= 4 is 11.8 Å². The zero-order chi connectivity index (χ0) is 13.5. The van der Waals surface area contributed by atoms with Crippen molar-refractivity contribution in [2.75, 3.05) is 6.61 Å². The van der Waals surface area contributed by atoms with Gasteiger partial charge in [0.15, 0.2) is 0 Å². The number of rotatable bonds is 7. The number of hydrogen-bond acceptors (Lipinski definition) is 4. The Morgan fingerprint density at radius 3 is 2.33 bits per heavy atom. The SMILES string of the molecule is CC(=O)CC(N[C@@H](CO)c1ccccc1)C(=O)O. The zero-order valence-electron chi connectivity index (χ0n) is 10.2. The first-order chi connectivity index (χ1) is 8.54. The molecule has 0 saturated carbocycles. The fraction of sp³-hybridized carbons (Fsp3) is 0.385. The summed E-state index contributed by atoms with van der Waals surface area (Å²) in [5, 5.41) is 21.1. The van der Waals surface area contributed by atoms with Crippen LogP contribution < -0.4 is 5.32 Å². The average molecular weight is 251 g/mol. The first-order valence-corrected chi connectivity index (χ1v) is 5.68. The lowest BCUT2D eigenvalue weighted by Crippen LogP contribution is -2.41. The molecule has 3 N–H and O–H groups in total. The number of aliphatic hydroxyl groups excluding tert-OH is 1. The Morgan fingerprint density at radius 1 is 1.28 bits per heavy atom. The number of nitrogens with one attached hydrogen (secondary N) is 1. The van der Waals surface area contributed by atoms with Crippen LogP contribution in [-0.2, 0) is 9.59 Å². The van der Waals surface area contributed by atoms with Gasteiger partial charge in [-0.05, 0) is 12.5 Å². The van der Waals surface area contributed by atoms with Crippen LogP contribution in [0.2, 0.25) is 0 Å². The zero-order valence-corrected chi connectivity index (χ0v) is 10.2. The van der Waals surface area contributed by atoms with Gasteiger partial charge in [-0.3, -0.25) is 14.9 Å². The van der Waals surface area contributed by atoms with Crippen molar-refractivity contribution in [1.29, 1.82) is 0 Å². The third kappa shape index (κ3) is 4.27. The molecule has 0 saturated heterocycles. The molecule has 0 spiro atoms. The number of aliphatic hydroxyl groups is 1. The highest BCUT2D eigenvalue weighted by Gasteiger charge is 2.23. The summed E-state index contributed by atoms with van der Waals surface area (Å²) < 4.78 is 0. The topological polar surface area (TPSA) is 86.6 Å². The molecular formula is C13H17NO4. The third-order valence-corrected chi connectivity index (χ3v) is 2.58. The lowest BCUT2D eigenvalue weighted by atomic mass is 10.0. The van der Waals surface area contributed by atoms with E-state index in [0.717, 1.165) is 5.56 Å². The second kappa shape index (κ2) is 6.88. The number of carbonyl (C=O) groups excluding carboxylic acids is 1. The predicted octanol–water partition coefficient (Wildman–Crippen LogP) is 0.742. The van der Waals surface area contributed by atoms with E-state index < -0.39 is 18.1 Å². The fourth-order valence-corrected chi connectivity index (χ4v) is 1.69. The molecule has 0 fully saturated rings. The molecule has 18 heavy (non-hydrogen) atoms. The smallest absolute Gasteiger partial charge is 0.321 e. The molecule has 1 aromatic carbocycles. The Bertz CT molecular complexity index is 405. The number of hydrogen-bond donors (Lipinski definition) is 3. The summed E-state index contributed by atoms with van der Waals surface area (Å²) in [6, 6.07) is 7.55. The molecule has 0 amide bonds. The summed E-state index contributed by atoms with van der Waals surface area (Å²) in [5.74, 6) is -1.31. The maximum Gasteiger partial charge on any atom is 0.321 e. The van der Waals surface area contributed by atoms with Gasteiger partial charge >= 0.3 is 5.97 Å². The molecule has 5 heteroatoms. The number of aliphatic carboxylic acids is 1. The number of carboxylic acid groups (broad SMARTS) is 1. The summed E-state index contributed by atoms with van der Waals surface area (Å²) in [6.45, 7) is 1.11. The number of carbonyl (C=O) groups is 2. The predicted molar refractivity (Wildman–Crippen MR) is 66.1 cm³/mol. The van der Waals surface area contributed by atoms with Gasteiger partial charge in [0.2, 0.25) is 0 Å². The van der Waals surface area contributed by atoms with Gasteiger partial charge < -0.3 is 10.2 Å². The molecule has 0 aromatic heterocycles. The van der Waals surface area contributed by atoms with Gasteiger partial charge in [0, 0.05) is 6.42 Å². The van der Waals surface area contributed by atoms with Crippen molar-refractivity contribution in [2.24, 2.45) is 0 Å². The average Bonchev–Trinajstić information content (AvgIpc) is 2.34. The molecule has 2 atom stereocenters. The van der Waals surface area contributed by atoms with Gasteiger partial charge in [0.1, 0.15) is 11.8 Å². The quantitative estimate of drug-likeness (QED) is 0.665. The molecular weight excluding hydrogens is 234 g/mol. The molecule has 98 valence electrons. The Hall–Kier alpha value is -1.72. The molecule has 1 rings (SSSR count). The maximum atomic E-state index is 11.0. The number of Topliss-reactive ketones (excluding diaryl/α,β-unsaturated/α-hetero) is 1. The summed E-state index contributed by atoms with van der Waals surface area (Å²) in [6.07, 6.45) is -0.0985. The van der Waals surface area contributed by atoms with Gasteiger partial charge in [-0.1, -0.05) is 30.3 Å². The van der Waals surface area contributed by atoms with Crippen LogP contribution in [0.3, 0.4) is 0 Å². The van der Waals surface area contributed by atoms with E-state index in [4.69, 9.17) is 5.11 Å². The van der Waals surface area contributed by atoms with Crippen molar-refractivity contribution in [3.63, 3.8) is 0 Å². The first kappa shape index (κ1) is 14.3. The van der Waals surface area contributed by atoms with Gasteiger partial charge in [-0.25, -0.2) is 0 Å². The standard InChI is InChI=1S/C13H17NO4/c1-9(16)7-11(13(17)18)14-12(8-15)10-5-3-2-4-6-10/h2-6,11-12,14-15H,7-8H2,1H3,(H,17,18)/t11?,12-/m0/s1. The minimum Gasteiger partial charge on any atom is -0.480 e. The summed E-state index contributed by atoms with van der Waals surface area (Å²) in [7, 11) is 0. The first-order valence-electron chi connectivity index (χ1n) is 5.68. The Morgan fingerprint density at radius 2 is 1.89 bits per heavy atom. The summed E-state index contributed by atoms with van der Waals surface area (Å²) in [5.41, 5.74) is 0.787. The van der Waals surface area contributed by atoms with Crippen molar-refractivity contribution in [2.45, 2.75) is 25.4 Å². The number of carboxylic acids is 1. The van der Waals surface area contributed by atoms with Crippen LogP contribution in [-0.4, -0.2) is 34.6 Å². The second-order valence-electron chi connectivity index (χ2n) is 4.11. The van der Waals surface area contributed by atoms with Crippen LogP contribution in [0.15, 0.2) is 30.3 Å². The summed E-state index contributed by atoms with van der Waals surface area (Å²) in [4.78, 5) is 22.0. The highest BCUT2D eigenvalue weighted by atomic mass is 16.4. The van der Waals surface area contributed by atoms with Gasteiger partial charge in [0.25, 0.3) is 0 Å². The van der Waals surface area contributed by atoms with E-state index in [0.29, 0.717) is 0 Å². The van der Waals surface area contributed by atoms with Crippen molar-refractivity contribution in [3.8, 4) is 0 Å². The van der Waals surface area contributed by atoms with Gasteiger partial charge in [-0.15, -0.1) is 0 Å². The summed E-state index contributed by atoms with van der Waals surface area (Å²) >= 11 is 0. The molecule has 1 aromatic rings. The van der Waals surface area contributed by atoms with E-state index in [-0.39, 0.29) is 18.8 Å². The Kier molecular flexibility index (Phi) is 5.48. The largest absolute Gasteiger partial charge is 0.480 e. The third-order valence-electron chi connectivity index (χ3n) is 2.58. The molecule has 0 bridgehead atoms. The maximum absolute atomic E-state index is 11.0. The van der Waals surface area contributed by atoms with Gasteiger partial charge in [0.05, 0.1) is 12.6 Å². The van der Waals surface area contributed by atoms with Crippen LogP contribution in [0.4, 0.5) is 0 Å². The minimum absolute atomic E-state index is 0.0985. The van der Waals surface area contributed by atoms with E-state index in [9.17, 15) is 14.7 Å². The lowest BCUT2D eigenvalue weighted by molar-refractivity contribution is -0.141. The van der Waals surface area contributed by atoms with E-state index in [1.165, 1.54) is 6.92 Å². The molecule has 5 nitrogen and oxygen atoms in total. The number of benzene rings is 1. The highest BCUT2D eigenvalue weighted by molar-refractivity contribution is 5.84. The number of ketones is 1. The molecule has 0 aliphatic heterocycles. The van der Waals surface area contributed by atoms with E-state index >= 15 is 0 Å². The van der Waals surface area contributed by atoms with E-state index in [2.05, 4.69) is 5.32 Å². The molecule has 0 heterocycles. The van der Waals surface area contributed by atoms with E-state index in [1.54, 1.807) is 24.3 Å².